The summed E-state index contributed by atoms with van der Waals surface area (Å²) in [6.45, 7) is 6.29. The number of carbonyl (C=O) groups is 2. The first-order valence-corrected chi connectivity index (χ1v) is 11.3. The minimum atomic E-state index is -0.522. The highest BCUT2D eigenvalue weighted by atomic mass is 35.5. The average Bonchev–Trinajstić information content (AvgIpc) is 2.73. The summed E-state index contributed by atoms with van der Waals surface area (Å²) in [6.07, 6.45) is 1.56. The van der Waals surface area contributed by atoms with Crippen molar-refractivity contribution in [2.45, 2.75) is 50.6 Å². The van der Waals surface area contributed by atoms with Gasteiger partial charge in [0.25, 0.3) is 0 Å². The van der Waals surface area contributed by atoms with Crippen molar-refractivity contribution in [2.75, 3.05) is 12.3 Å². The van der Waals surface area contributed by atoms with Gasteiger partial charge in [-0.2, -0.15) is 0 Å². The Labute approximate surface area is 183 Å². The van der Waals surface area contributed by atoms with Crippen LogP contribution in [0.4, 0.5) is 0 Å². The van der Waals surface area contributed by atoms with Gasteiger partial charge in [0, 0.05) is 22.5 Å². The molecule has 2 aromatic carbocycles. The van der Waals surface area contributed by atoms with E-state index in [-0.39, 0.29) is 23.6 Å². The third kappa shape index (κ3) is 7.75. The second-order valence-electron chi connectivity index (χ2n) is 7.06. The lowest BCUT2D eigenvalue weighted by Gasteiger charge is -2.29. The Bertz CT molecular complexity index is 783. The Balaban J connectivity index is 2.05. The third-order valence-electron chi connectivity index (χ3n) is 4.83. The number of carbonyl (C=O) groups excluding carboxylic acids is 2. The van der Waals surface area contributed by atoms with E-state index in [2.05, 4.69) is 5.32 Å². The summed E-state index contributed by atoms with van der Waals surface area (Å²) in [7, 11) is 0. The van der Waals surface area contributed by atoms with E-state index in [1.54, 1.807) is 11.8 Å². The molecule has 0 fully saturated rings. The van der Waals surface area contributed by atoms with Crippen LogP contribution in [0.5, 0.6) is 0 Å². The van der Waals surface area contributed by atoms with Gasteiger partial charge in [-0.25, -0.2) is 0 Å². The highest BCUT2D eigenvalue weighted by Crippen LogP contribution is 2.21. The monoisotopic (exact) mass is 432 g/mol. The predicted octanol–water partition coefficient (Wildman–Crippen LogP) is 4.81. The molecule has 0 spiro atoms. The molecule has 0 aliphatic heterocycles. The number of thioether (sulfide) groups is 1. The Morgan fingerprint density at radius 3 is 2.34 bits per heavy atom. The highest BCUT2D eigenvalue weighted by Gasteiger charge is 2.26. The van der Waals surface area contributed by atoms with E-state index < -0.39 is 6.04 Å². The number of halogens is 1. The van der Waals surface area contributed by atoms with E-state index in [0.717, 1.165) is 16.9 Å². The maximum absolute atomic E-state index is 13.0. The van der Waals surface area contributed by atoms with E-state index in [1.165, 1.54) is 11.8 Å². The summed E-state index contributed by atoms with van der Waals surface area (Å²) < 4.78 is 0. The number of nitrogens with zero attached hydrogens (tertiary/aromatic N) is 1. The molecule has 2 amide bonds. The molecule has 6 heteroatoms. The van der Waals surface area contributed by atoms with Crippen molar-refractivity contribution in [3.05, 3.63) is 65.2 Å². The Kier molecular flexibility index (Phi) is 9.55. The summed E-state index contributed by atoms with van der Waals surface area (Å²) >= 11 is 7.38. The average molecular weight is 433 g/mol. The third-order valence-corrected chi connectivity index (χ3v) is 6.08. The van der Waals surface area contributed by atoms with Crippen molar-refractivity contribution in [1.29, 1.82) is 0 Å². The number of benzene rings is 2. The fraction of sp³-hybridized carbons (Fsp3) is 0.391. The number of hydrogen-bond acceptors (Lipinski definition) is 3. The predicted molar refractivity (Wildman–Crippen MR) is 121 cm³/mol. The van der Waals surface area contributed by atoms with Crippen LogP contribution in [0.15, 0.2) is 59.5 Å². The minimum Gasteiger partial charge on any atom is -0.352 e. The van der Waals surface area contributed by atoms with Gasteiger partial charge in [-0.1, -0.05) is 48.9 Å². The molecule has 0 heterocycles. The van der Waals surface area contributed by atoms with Crippen molar-refractivity contribution in [2.24, 2.45) is 0 Å². The van der Waals surface area contributed by atoms with Gasteiger partial charge in [-0.15, -0.1) is 11.8 Å². The lowest BCUT2D eigenvalue weighted by molar-refractivity contribution is -0.138. The topological polar surface area (TPSA) is 49.4 Å². The zero-order valence-electron chi connectivity index (χ0n) is 17.2. The van der Waals surface area contributed by atoms with Crippen molar-refractivity contribution in [3.63, 3.8) is 0 Å². The van der Waals surface area contributed by atoms with Crippen molar-refractivity contribution >= 4 is 35.2 Å². The Morgan fingerprint density at radius 1 is 1.07 bits per heavy atom. The quantitative estimate of drug-likeness (QED) is 0.548. The van der Waals surface area contributed by atoms with E-state index in [9.17, 15) is 9.59 Å². The Hall–Kier alpha value is -1.98. The van der Waals surface area contributed by atoms with Crippen molar-refractivity contribution < 1.29 is 9.59 Å². The van der Waals surface area contributed by atoms with Gasteiger partial charge in [0.15, 0.2) is 0 Å². The minimum absolute atomic E-state index is 0.0484. The van der Waals surface area contributed by atoms with E-state index in [1.807, 2.05) is 68.4 Å². The van der Waals surface area contributed by atoms with Crippen LogP contribution < -0.4 is 5.32 Å². The molecule has 0 bridgehead atoms. The van der Waals surface area contributed by atoms with Crippen LogP contribution in [0.2, 0.25) is 5.02 Å². The number of rotatable bonds is 10. The number of hydrogen-bond donors (Lipinski definition) is 1. The Morgan fingerprint density at radius 2 is 1.72 bits per heavy atom. The first-order chi connectivity index (χ1) is 13.9. The standard InChI is InChI=1S/C23H29ClN2O2S/c1-4-17(2)25-23(28)18(3)26(15-14-19-8-6-5-7-9-19)22(27)16-29-21-12-10-20(24)11-13-21/h5-13,17-18H,4,14-16H2,1-3H3,(H,25,28)/t17-,18-/m1/s1. The van der Waals surface area contributed by atoms with Gasteiger partial charge in [0.1, 0.15) is 6.04 Å². The van der Waals surface area contributed by atoms with Gasteiger partial charge in [0.2, 0.25) is 11.8 Å². The lowest BCUT2D eigenvalue weighted by Crippen LogP contribution is -2.51. The second-order valence-corrected chi connectivity index (χ2v) is 8.54. The second kappa shape index (κ2) is 11.9. The molecule has 0 aliphatic rings. The van der Waals surface area contributed by atoms with E-state index >= 15 is 0 Å². The van der Waals surface area contributed by atoms with Gasteiger partial charge in [-0.3, -0.25) is 9.59 Å². The molecular formula is C23H29ClN2O2S. The van der Waals surface area contributed by atoms with Crippen LogP contribution in [-0.4, -0.2) is 41.1 Å². The van der Waals surface area contributed by atoms with Crippen LogP contribution in [0.25, 0.3) is 0 Å². The fourth-order valence-electron chi connectivity index (χ4n) is 2.79. The van der Waals surface area contributed by atoms with Gasteiger partial charge >= 0.3 is 0 Å². The first-order valence-electron chi connectivity index (χ1n) is 9.92. The zero-order valence-corrected chi connectivity index (χ0v) is 18.8. The molecule has 156 valence electrons. The molecular weight excluding hydrogens is 404 g/mol. The van der Waals surface area contributed by atoms with Crippen LogP contribution in [0.1, 0.15) is 32.8 Å². The molecule has 2 atom stereocenters. The maximum atomic E-state index is 13.0. The van der Waals surface area contributed by atoms with Gasteiger partial charge < -0.3 is 10.2 Å². The first kappa shape index (κ1) is 23.3. The molecule has 0 saturated heterocycles. The summed E-state index contributed by atoms with van der Waals surface area (Å²) in [5.74, 6) is 0.113. The van der Waals surface area contributed by atoms with Crippen molar-refractivity contribution in [1.82, 2.24) is 10.2 Å². The molecule has 0 unspecified atom stereocenters. The summed E-state index contributed by atoms with van der Waals surface area (Å²) in [5, 5.41) is 3.66. The SMILES string of the molecule is CC[C@@H](C)NC(=O)[C@@H](C)N(CCc1ccccc1)C(=O)CSc1ccc(Cl)cc1. The maximum Gasteiger partial charge on any atom is 0.242 e. The van der Waals surface area contributed by atoms with Crippen LogP contribution in [0.3, 0.4) is 0 Å². The summed E-state index contributed by atoms with van der Waals surface area (Å²) in [6, 6.07) is 17.0. The smallest absolute Gasteiger partial charge is 0.242 e. The molecule has 4 nitrogen and oxygen atoms in total. The summed E-state index contributed by atoms with van der Waals surface area (Å²) in [5.41, 5.74) is 1.14. The van der Waals surface area contributed by atoms with Crippen LogP contribution in [0, 0.1) is 0 Å². The van der Waals surface area contributed by atoms with E-state index in [0.29, 0.717) is 18.0 Å². The molecule has 0 aliphatic carbocycles. The number of nitrogens with one attached hydrogen (secondary N) is 1. The van der Waals surface area contributed by atoms with E-state index in [4.69, 9.17) is 11.6 Å². The largest absolute Gasteiger partial charge is 0.352 e. The fourth-order valence-corrected chi connectivity index (χ4v) is 3.70. The molecule has 29 heavy (non-hydrogen) atoms. The highest BCUT2D eigenvalue weighted by molar-refractivity contribution is 8.00. The van der Waals surface area contributed by atoms with Crippen LogP contribution in [-0.2, 0) is 16.0 Å². The molecule has 0 saturated carbocycles. The normalized spacial score (nSPS) is 12.8. The molecule has 2 aromatic rings. The van der Waals surface area contributed by atoms with Crippen molar-refractivity contribution in [3.8, 4) is 0 Å². The number of amides is 2. The van der Waals surface area contributed by atoms with Gasteiger partial charge in [0.05, 0.1) is 5.75 Å². The van der Waals surface area contributed by atoms with Crippen LogP contribution >= 0.6 is 23.4 Å². The van der Waals surface area contributed by atoms with Gasteiger partial charge in [-0.05, 0) is 56.5 Å². The molecule has 0 aromatic heterocycles. The molecule has 0 radical (unpaired) electrons. The molecule has 1 N–H and O–H groups in total. The molecule has 2 rings (SSSR count). The summed E-state index contributed by atoms with van der Waals surface area (Å²) in [4.78, 5) is 28.3. The lowest BCUT2D eigenvalue weighted by atomic mass is 10.1. The zero-order chi connectivity index (χ0) is 21.2.